The molecule has 1 amide bonds. The third-order valence-corrected chi connectivity index (χ3v) is 3.22. The number of carbonyl (C=O) groups is 1. The van der Waals surface area contributed by atoms with Gasteiger partial charge in [0.1, 0.15) is 6.33 Å². The van der Waals surface area contributed by atoms with Crippen LogP contribution in [0, 0.1) is 5.92 Å². The lowest BCUT2D eigenvalue weighted by Crippen LogP contribution is -2.42. The summed E-state index contributed by atoms with van der Waals surface area (Å²) in [6.45, 7) is 3.49. The van der Waals surface area contributed by atoms with Crippen molar-refractivity contribution in [2.75, 3.05) is 6.54 Å². The quantitative estimate of drug-likeness (QED) is 0.765. The lowest BCUT2D eigenvalue weighted by molar-refractivity contribution is -0.126. The molecule has 94 valence electrons. The lowest BCUT2D eigenvalue weighted by atomic mass is 9.92. The highest BCUT2D eigenvalue weighted by Gasteiger charge is 2.24. The molecule has 2 heterocycles. The van der Waals surface area contributed by atoms with Crippen LogP contribution in [-0.4, -0.2) is 33.3 Å². The molecule has 1 saturated heterocycles. The first-order valence-corrected chi connectivity index (χ1v) is 6.01. The Balaban J connectivity index is 1.83. The Labute approximate surface area is 101 Å². The minimum atomic E-state index is 0.125. The van der Waals surface area contributed by atoms with Crippen molar-refractivity contribution >= 4 is 5.91 Å². The van der Waals surface area contributed by atoms with Gasteiger partial charge in [-0.3, -0.25) is 4.79 Å². The highest BCUT2D eigenvalue weighted by atomic mass is 16.1. The molecule has 17 heavy (non-hydrogen) atoms. The van der Waals surface area contributed by atoms with Crippen molar-refractivity contribution in [3.8, 4) is 0 Å². The molecule has 2 atom stereocenters. The largest absolute Gasteiger partial charge is 0.349 e. The molecule has 1 aliphatic heterocycles. The van der Waals surface area contributed by atoms with Gasteiger partial charge in [-0.2, -0.15) is 0 Å². The summed E-state index contributed by atoms with van der Waals surface area (Å²) in [7, 11) is 1.87. The standard InChI is InChI=1S/C11H19N5O/c1-8-5-9(3-4-12-8)11(17)13-6-10-15-14-7-16(10)2/h7-9,12H,3-6H2,1-2H3,(H,13,17). The van der Waals surface area contributed by atoms with Gasteiger partial charge >= 0.3 is 0 Å². The molecular formula is C11H19N5O. The molecule has 2 unspecified atom stereocenters. The number of rotatable bonds is 3. The summed E-state index contributed by atoms with van der Waals surface area (Å²) in [6, 6.07) is 0.425. The number of aryl methyl sites for hydroxylation is 1. The Morgan fingerprint density at radius 2 is 2.53 bits per heavy atom. The average Bonchev–Trinajstić information content (AvgIpc) is 2.72. The van der Waals surface area contributed by atoms with Crippen molar-refractivity contribution < 1.29 is 4.79 Å². The smallest absolute Gasteiger partial charge is 0.223 e. The van der Waals surface area contributed by atoms with Crippen LogP contribution >= 0.6 is 0 Å². The normalized spacial score (nSPS) is 24.6. The second-order valence-electron chi connectivity index (χ2n) is 4.65. The van der Waals surface area contributed by atoms with Crippen LogP contribution in [-0.2, 0) is 18.4 Å². The van der Waals surface area contributed by atoms with E-state index in [0.717, 1.165) is 25.2 Å². The molecule has 0 saturated carbocycles. The van der Waals surface area contributed by atoms with E-state index in [1.54, 1.807) is 6.33 Å². The summed E-state index contributed by atoms with van der Waals surface area (Å²) in [5.74, 6) is 1.03. The SMILES string of the molecule is CC1CC(C(=O)NCc2nncn2C)CCN1. The first-order valence-electron chi connectivity index (χ1n) is 6.01. The monoisotopic (exact) mass is 237 g/mol. The molecule has 6 nitrogen and oxygen atoms in total. The maximum atomic E-state index is 12.0. The van der Waals surface area contributed by atoms with Crippen LogP contribution in [0.25, 0.3) is 0 Å². The maximum Gasteiger partial charge on any atom is 0.223 e. The van der Waals surface area contributed by atoms with Gasteiger partial charge < -0.3 is 15.2 Å². The van der Waals surface area contributed by atoms with Crippen molar-refractivity contribution in [3.63, 3.8) is 0 Å². The molecule has 2 rings (SSSR count). The first-order chi connectivity index (χ1) is 8.16. The van der Waals surface area contributed by atoms with Gasteiger partial charge in [0.15, 0.2) is 5.82 Å². The van der Waals surface area contributed by atoms with Crippen LogP contribution in [0.5, 0.6) is 0 Å². The van der Waals surface area contributed by atoms with Gasteiger partial charge in [0.2, 0.25) is 5.91 Å². The minimum Gasteiger partial charge on any atom is -0.349 e. The van der Waals surface area contributed by atoms with E-state index >= 15 is 0 Å². The molecule has 1 aromatic rings. The zero-order chi connectivity index (χ0) is 12.3. The Kier molecular flexibility index (Phi) is 3.73. The van der Waals surface area contributed by atoms with Gasteiger partial charge in [-0.05, 0) is 26.3 Å². The van der Waals surface area contributed by atoms with Crippen molar-refractivity contribution in [1.82, 2.24) is 25.4 Å². The number of carbonyl (C=O) groups excluding carboxylic acids is 1. The fourth-order valence-corrected chi connectivity index (χ4v) is 2.15. The van der Waals surface area contributed by atoms with E-state index < -0.39 is 0 Å². The predicted molar refractivity (Wildman–Crippen MR) is 63.0 cm³/mol. The van der Waals surface area contributed by atoms with E-state index in [2.05, 4.69) is 27.8 Å². The minimum absolute atomic E-state index is 0.125. The highest BCUT2D eigenvalue weighted by Crippen LogP contribution is 2.15. The van der Waals surface area contributed by atoms with E-state index in [1.807, 2.05) is 11.6 Å². The van der Waals surface area contributed by atoms with Gasteiger partial charge in [-0.15, -0.1) is 10.2 Å². The molecule has 0 bridgehead atoms. The summed E-state index contributed by atoms with van der Waals surface area (Å²) < 4.78 is 1.81. The molecule has 1 aromatic heterocycles. The average molecular weight is 237 g/mol. The summed E-state index contributed by atoms with van der Waals surface area (Å²) >= 11 is 0. The molecule has 1 aliphatic rings. The van der Waals surface area contributed by atoms with Gasteiger partial charge in [0.25, 0.3) is 0 Å². The number of aromatic nitrogens is 3. The third-order valence-electron chi connectivity index (χ3n) is 3.22. The lowest BCUT2D eigenvalue weighted by Gasteiger charge is -2.26. The number of nitrogens with zero attached hydrogens (tertiary/aromatic N) is 3. The number of amides is 1. The van der Waals surface area contributed by atoms with Crippen molar-refractivity contribution in [3.05, 3.63) is 12.2 Å². The molecule has 0 spiro atoms. The van der Waals surface area contributed by atoms with E-state index in [0.29, 0.717) is 12.6 Å². The van der Waals surface area contributed by atoms with E-state index in [1.165, 1.54) is 0 Å². The topological polar surface area (TPSA) is 71.8 Å². The molecule has 0 aromatic carbocycles. The molecular weight excluding hydrogens is 218 g/mol. The second kappa shape index (κ2) is 5.27. The summed E-state index contributed by atoms with van der Waals surface area (Å²) in [4.78, 5) is 12.0. The number of piperidine rings is 1. The fraction of sp³-hybridized carbons (Fsp3) is 0.727. The molecule has 0 aliphatic carbocycles. The number of nitrogens with one attached hydrogen (secondary N) is 2. The Bertz CT molecular complexity index is 389. The van der Waals surface area contributed by atoms with E-state index in [4.69, 9.17) is 0 Å². The summed E-state index contributed by atoms with van der Waals surface area (Å²) in [5, 5.41) is 14.0. The summed E-state index contributed by atoms with van der Waals surface area (Å²) in [6.07, 6.45) is 3.45. The highest BCUT2D eigenvalue weighted by molar-refractivity contribution is 5.78. The predicted octanol–water partition coefficient (Wildman–Crippen LogP) is -0.181. The van der Waals surface area contributed by atoms with Crippen molar-refractivity contribution in [1.29, 1.82) is 0 Å². The van der Waals surface area contributed by atoms with Crippen LogP contribution in [0.1, 0.15) is 25.6 Å². The maximum absolute atomic E-state index is 12.0. The van der Waals surface area contributed by atoms with Gasteiger partial charge in [-0.1, -0.05) is 0 Å². The number of hydrogen-bond donors (Lipinski definition) is 2. The molecule has 6 heteroatoms. The Hall–Kier alpha value is -1.43. The summed E-state index contributed by atoms with van der Waals surface area (Å²) in [5.41, 5.74) is 0. The zero-order valence-electron chi connectivity index (χ0n) is 10.3. The van der Waals surface area contributed by atoms with E-state index in [9.17, 15) is 4.79 Å². The van der Waals surface area contributed by atoms with Crippen molar-refractivity contribution in [2.24, 2.45) is 13.0 Å². The van der Waals surface area contributed by atoms with Gasteiger partial charge in [-0.25, -0.2) is 0 Å². The van der Waals surface area contributed by atoms with Crippen molar-refractivity contribution in [2.45, 2.75) is 32.4 Å². The van der Waals surface area contributed by atoms with Crippen LogP contribution in [0.4, 0.5) is 0 Å². The van der Waals surface area contributed by atoms with Gasteiger partial charge in [0, 0.05) is 19.0 Å². The van der Waals surface area contributed by atoms with Gasteiger partial charge in [0.05, 0.1) is 6.54 Å². The second-order valence-corrected chi connectivity index (χ2v) is 4.65. The fourth-order valence-electron chi connectivity index (χ4n) is 2.15. The number of hydrogen-bond acceptors (Lipinski definition) is 4. The van der Waals surface area contributed by atoms with E-state index in [-0.39, 0.29) is 11.8 Å². The molecule has 0 radical (unpaired) electrons. The zero-order valence-corrected chi connectivity index (χ0v) is 10.3. The van der Waals surface area contributed by atoms with Crippen LogP contribution < -0.4 is 10.6 Å². The van der Waals surface area contributed by atoms with Crippen LogP contribution in [0.15, 0.2) is 6.33 Å². The van der Waals surface area contributed by atoms with Crippen LogP contribution in [0.2, 0.25) is 0 Å². The first kappa shape index (κ1) is 12.0. The molecule has 1 fully saturated rings. The Morgan fingerprint density at radius 3 is 3.18 bits per heavy atom. The molecule has 2 N–H and O–H groups in total. The van der Waals surface area contributed by atoms with Crippen LogP contribution in [0.3, 0.4) is 0 Å². The Morgan fingerprint density at radius 1 is 1.71 bits per heavy atom. The third kappa shape index (κ3) is 3.03.